The summed E-state index contributed by atoms with van der Waals surface area (Å²) >= 11 is 9.27. The van der Waals surface area contributed by atoms with Crippen LogP contribution in [0.2, 0.25) is 5.02 Å². The Kier molecular flexibility index (Phi) is 5.66. The van der Waals surface area contributed by atoms with E-state index in [4.69, 9.17) is 11.6 Å². The summed E-state index contributed by atoms with van der Waals surface area (Å²) in [5, 5.41) is 24.9. The van der Waals surface area contributed by atoms with Crippen LogP contribution in [0.15, 0.2) is 22.7 Å². The molecule has 0 amide bonds. The molecule has 0 aliphatic heterocycles. The van der Waals surface area contributed by atoms with Crippen molar-refractivity contribution in [2.24, 2.45) is 0 Å². The van der Waals surface area contributed by atoms with Crippen molar-refractivity contribution in [3.8, 4) is 0 Å². The van der Waals surface area contributed by atoms with Gasteiger partial charge in [0, 0.05) is 15.6 Å². The van der Waals surface area contributed by atoms with E-state index in [9.17, 15) is 33.4 Å². The Morgan fingerprint density at radius 2 is 1.70 bits per heavy atom. The topological polar surface area (TPSA) is 98.3 Å². The normalized spacial score (nSPS) is 11.4. The van der Waals surface area contributed by atoms with Gasteiger partial charge in [-0.15, -0.1) is 0 Å². The van der Waals surface area contributed by atoms with Crippen LogP contribution in [0.5, 0.6) is 0 Å². The van der Waals surface area contributed by atoms with Crippen molar-refractivity contribution in [1.82, 2.24) is 0 Å². The Hall–Kier alpha value is -2.40. The molecule has 0 heterocycles. The number of alkyl halides is 3. The third kappa shape index (κ3) is 4.14. The van der Waals surface area contributed by atoms with E-state index in [1.807, 2.05) is 0 Å². The fourth-order valence-electron chi connectivity index (χ4n) is 2.38. The molecule has 0 unspecified atom stereocenters. The Morgan fingerprint density at radius 1 is 1.11 bits per heavy atom. The highest BCUT2D eigenvalue weighted by atomic mass is 79.9. The minimum atomic E-state index is -5.07. The highest BCUT2D eigenvalue weighted by Crippen LogP contribution is 2.45. The Balaban J connectivity index is 2.80. The van der Waals surface area contributed by atoms with Crippen molar-refractivity contribution in [2.45, 2.75) is 20.0 Å². The molecule has 2 aromatic carbocycles. The van der Waals surface area contributed by atoms with Gasteiger partial charge in [-0.2, -0.15) is 13.2 Å². The molecule has 27 heavy (non-hydrogen) atoms. The highest BCUT2D eigenvalue weighted by Gasteiger charge is 2.40. The van der Waals surface area contributed by atoms with E-state index in [1.54, 1.807) is 13.8 Å². The minimum absolute atomic E-state index is 0.0943. The highest BCUT2D eigenvalue weighted by molar-refractivity contribution is 9.10. The standard InChI is InChI=1S/C15H10BrClF3N3O4/c1-6-3-10(12(16)7(2)13(6)17)21-14-9(15(18,19)20)4-8(22(24)25)5-11(14)23(26)27/h3-5,21H,1-2H3. The quantitative estimate of drug-likeness (QED) is 0.419. The molecule has 2 aromatic rings. The molecular formula is C15H10BrClF3N3O4. The first-order valence-electron chi connectivity index (χ1n) is 7.10. The van der Waals surface area contributed by atoms with Crippen LogP contribution in [0, 0.1) is 34.1 Å². The summed E-state index contributed by atoms with van der Waals surface area (Å²) in [6, 6.07) is 2.13. The number of benzene rings is 2. The lowest BCUT2D eigenvalue weighted by molar-refractivity contribution is -0.394. The number of nitrogens with one attached hydrogen (secondary N) is 1. The van der Waals surface area contributed by atoms with Gasteiger partial charge in [-0.05, 0) is 47.0 Å². The molecule has 0 saturated carbocycles. The Morgan fingerprint density at radius 3 is 2.19 bits per heavy atom. The van der Waals surface area contributed by atoms with Crippen LogP contribution in [0.3, 0.4) is 0 Å². The zero-order valence-corrected chi connectivity index (χ0v) is 16.0. The molecule has 0 atom stereocenters. The van der Waals surface area contributed by atoms with Gasteiger partial charge in [0.15, 0.2) is 0 Å². The summed E-state index contributed by atoms with van der Waals surface area (Å²) in [4.78, 5) is 19.9. The zero-order chi connectivity index (χ0) is 20.7. The minimum Gasteiger partial charge on any atom is -0.348 e. The van der Waals surface area contributed by atoms with Crippen LogP contribution >= 0.6 is 27.5 Å². The Labute approximate surface area is 163 Å². The molecule has 7 nitrogen and oxygen atoms in total. The number of nitrogens with zero attached hydrogens (tertiary/aromatic N) is 2. The summed E-state index contributed by atoms with van der Waals surface area (Å²) in [6.07, 6.45) is -5.07. The molecular weight excluding hydrogens is 459 g/mol. The molecule has 0 aromatic heterocycles. The van der Waals surface area contributed by atoms with E-state index in [2.05, 4.69) is 21.2 Å². The second-order valence-electron chi connectivity index (χ2n) is 5.52. The number of non-ortho nitro benzene ring substituents is 1. The van der Waals surface area contributed by atoms with E-state index in [0.29, 0.717) is 26.7 Å². The first kappa shape index (κ1) is 20.9. The molecule has 144 valence electrons. The van der Waals surface area contributed by atoms with Crippen LogP contribution in [0.25, 0.3) is 0 Å². The molecule has 0 aliphatic carbocycles. The van der Waals surface area contributed by atoms with Gasteiger partial charge >= 0.3 is 6.18 Å². The summed E-state index contributed by atoms with van der Waals surface area (Å²) in [5.41, 5.74) is -3.41. The van der Waals surface area contributed by atoms with Gasteiger partial charge in [0.2, 0.25) is 0 Å². The van der Waals surface area contributed by atoms with Crippen LogP contribution in [-0.2, 0) is 6.18 Å². The van der Waals surface area contributed by atoms with Gasteiger partial charge in [0.25, 0.3) is 11.4 Å². The third-order valence-electron chi connectivity index (χ3n) is 3.68. The maximum absolute atomic E-state index is 13.4. The molecule has 12 heteroatoms. The van der Waals surface area contributed by atoms with Gasteiger partial charge < -0.3 is 5.32 Å². The lowest BCUT2D eigenvalue weighted by Gasteiger charge is -2.17. The van der Waals surface area contributed by atoms with Crippen LogP contribution in [0.1, 0.15) is 16.7 Å². The third-order valence-corrected chi connectivity index (χ3v) is 5.28. The maximum atomic E-state index is 13.4. The molecule has 0 aliphatic rings. The number of hydrogen-bond acceptors (Lipinski definition) is 5. The average molecular weight is 469 g/mol. The molecule has 2 rings (SSSR count). The lowest BCUT2D eigenvalue weighted by Crippen LogP contribution is -2.12. The number of aryl methyl sites for hydroxylation is 1. The predicted molar refractivity (Wildman–Crippen MR) is 96.7 cm³/mol. The van der Waals surface area contributed by atoms with Crippen molar-refractivity contribution < 1.29 is 23.0 Å². The summed E-state index contributed by atoms with van der Waals surface area (Å²) in [5.74, 6) is 0. The molecule has 0 radical (unpaired) electrons. The number of hydrogen-bond donors (Lipinski definition) is 1. The van der Waals surface area contributed by atoms with Crippen molar-refractivity contribution in [2.75, 3.05) is 5.32 Å². The smallest absolute Gasteiger partial charge is 0.348 e. The number of nitro benzene ring substituents is 2. The first-order chi connectivity index (χ1) is 12.3. The maximum Gasteiger partial charge on any atom is 0.418 e. The fourth-order valence-corrected chi connectivity index (χ4v) is 3.05. The molecule has 1 N–H and O–H groups in total. The van der Waals surface area contributed by atoms with E-state index in [1.165, 1.54) is 6.07 Å². The molecule has 0 fully saturated rings. The van der Waals surface area contributed by atoms with E-state index < -0.39 is 38.6 Å². The predicted octanol–water partition coefficient (Wildman–Crippen LogP) is 6.30. The number of rotatable bonds is 4. The first-order valence-corrected chi connectivity index (χ1v) is 8.28. The van der Waals surface area contributed by atoms with Crippen molar-refractivity contribution in [3.63, 3.8) is 0 Å². The molecule has 0 bridgehead atoms. The van der Waals surface area contributed by atoms with Gasteiger partial charge in [-0.3, -0.25) is 20.2 Å². The lowest BCUT2D eigenvalue weighted by atomic mass is 10.1. The van der Waals surface area contributed by atoms with Crippen molar-refractivity contribution in [3.05, 3.63) is 64.6 Å². The van der Waals surface area contributed by atoms with Crippen LogP contribution in [-0.4, -0.2) is 9.85 Å². The zero-order valence-electron chi connectivity index (χ0n) is 13.6. The average Bonchev–Trinajstić information content (AvgIpc) is 2.56. The number of halogens is 5. The van der Waals surface area contributed by atoms with Crippen molar-refractivity contribution in [1.29, 1.82) is 0 Å². The van der Waals surface area contributed by atoms with Gasteiger partial charge in [-0.25, -0.2) is 0 Å². The largest absolute Gasteiger partial charge is 0.418 e. The number of nitro groups is 2. The summed E-state index contributed by atoms with van der Waals surface area (Å²) < 4.78 is 40.6. The van der Waals surface area contributed by atoms with E-state index in [0.717, 1.165) is 0 Å². The van der Waals surface area contributed by atoms with Crippen molar-refractivity contribution >= 4 is 50.3 Å². The van der Waals surface area contributed by atoms with Gasteiger partial charge in [-0.1, -0.05) is 11.6 Å². The van der Waals surface area contributed by atoms with Crippen LogP contribution < -0.4 is 5.32 Å². The Bertz CT molecular complexity index is 967. The second-order valence-corrected chi connectivity index (χ2v) is 6.69. The van der Waals surface area contributed by atoms with E-state index >= 15 is 0 Å². The number of anilines is 2. The van der Waals surface area contributed by atoms with Crippen LogP contribution in [0.4, 0.5) is 35.9 Å². The fraction of sp³-hybridized carbons (Fsp3) is 0.200. The summed E-state index contributed by atoms with van der Waals surface area (Å²) in [7, 11) is 0. The van der Waals surface area contributed by atoms with E-state index in [-0.39, 0.29) is 11.8 Å². The monoisotopic (exact) mass is 467 g/mol. The molecule has 0 saturated heterocycles. The van der Waals surface area contributed by atoms with Gasteiger partial charge in [0.05, 0.1) is 27.2 Å². The molecule has 0 spiro atoms. The van der Waals surface area contributed by atoms with Gasteiger partial charge in [0.1, 0.15) is 5.69 Å². The summed E-state index contributed by atoms with van der Waals surface area (Å²) in [6.45, 7) is 3.22. The SMILES string of the molecule is Cc1cc(Nc2c([N+](=O)[O-])cc([N+](=O)[O-])cc2C(F)(F)F)c(Br)c(C)c1Cl. The second kappa shape index (κ2) is 7.31.